The highest BCUT2D eigenvalue weighted by Crippen LogP contribution is 2.37. The molecule has 1 aliphatic heterocycles. The second-order valence-electron chi connectivity index (χ2n) is 8.81. The molecule has 0 saturated carbocycles. The fourth-order valence-corrected chi connectivity index (χ4v) is 4.35. The van der Waals surface area contributed by atoms with Crippen molar-refractivity contribution < 1.29 is 9.90 Å². The van der Waals surface area contributed by atoms with Gasteiger partial charge in [-0.25, -0.2) is 4.98 Å². The first kappa shape index (κ1) is 21.1. The molecule has 0 unspecified atom stereocenters. The molecule has 8 nitrogen and oxygen atoms in total. The van der Waals surface area contributed by atoms with E-state index in [2.05, 4.69) is 34.0 Å². The standard InChI is InChI=1S/C25H25N5O3/c1-14(2)15-8-10-19-18(12-15)22(24(32)27-19)28-29-23(31)16-7-9-17-20(13-16)26-21-6-4-3-5-11-30(21)25(17)33/h7-10,12-14,27,32H,3-6,11H2,1-2H3. The Balaban J connectivity index is 1.50. The van der Waals surface area contributed by atoms with E-state index in [1.54, 1.807) is 22.8 Å². The predicted octanol–water partition coefficient (Wildman–Crippen LogP) is 5.36. The van der Waals surface area contributed by atoms with Crippen molar-refractivity contribution in [1.82, 2.24) is 14.5 Å². The second kappa shape index (κ2) is 8.27. The Morgan fingerprint density at radius 2 is 1.97 bits per heavy atom. The number of aromatic amines is 1. The lowest BCUT2D eigenvalue weighted by Gasteiger charge is -2.10. The van der Waals surface area contributed by atoms with Crippen LogP contribution in [-0.4, -0.2) is 25.5 Å². The summed E-state index contributed by atoms with van der Waals surface area (Å²) in [6, 6.07) is 10.6. The van der Waals surface area contributed by atoms with Gasteiger partial charge in [0.1, 0.15) is 5.82 Å². The molecule has 2 aromatic carbocycles. The van der Waals surface area contributed by atoms with Gasteiger partial charge in [0.05, 0.1) is 16.4 Å². The molecule has 2 aromatic heterocycles. The number of nitrogens with zero attached hydrogens (tertiary/aromatic N) is 4. The van der Waals surface area contributed by atoms with Gasteiger partial charge in [0.25, 0.3) is 11.5 Å². The molecule has 0 fully saturated rings. The lowest BCUT2D eigenvalue weighted by molar-refractivity contribution is 0.0995. The zero-order valence-corrected chi connectivity index (χ0v) is 18.6. The van der Waals surface area contributed by atoms with Crippen molar-refractivity contribution in [2.45, 2.75) is 52.0 Å². The van der Waals surface area contributed by atoms with E-state index < -0.39 is 5.91 Å². The molecule has 3 heterocycles. The quantitative estimate of drug-likeness (QED) is 0.415. The smallest absolute Gasteiger partial charge is 0.295 e. The topological polar surface area (TPSA) is 113 Å². The first-order valence-electron chi connectivity index (χ1n) is 11.3. The van der Waals surface area contributed by atoms with Crippen LogP contribution in [0.25, 0.3) is 21.8 Å². The van der Waals surface area contributed by atoms with E-state index >= 15 is 0 Å². The van der Waals surface area contributed by atoms with Crippen LogP contribution in [0.15, 0.2) is 51.4 Å². The summed E-state index contributed by atoms with van der Waals surface area (Å²) in [5.74, 6) is 0.365. The Morgan fingerprint density at radius 1 is 1.12 bits per heavy atom. The molecule has 0 saturated heterocycles. The normalized spacial score (nSPS) is 14.3. The zero-order valence-electron chi connectivity index (χ0n) is 18.6. The lowest BCUT2D eigenvalue weighted by atomic mass is 10.0. The predicted molar refractivity (Wildman–Crippen MR) is 126 cm³/mol. The SMILES string of the molecule is CC(C)c1ccc2[nH]c(O)c(N=NC(=O)c3ccc4c(=O)n5c(nc4c3)CCCCC5)c2c1. The number of H-pyrrole nitrogens is 1. The number of aromatic nitrogens is 3. The molecule has 0 radical (unpaired) electrons. The molecule has 2 N–H and O–H groups in total. The van der Waals surface area contributed by atoms with E-state index in [0.29, 0.717) is 34.3 Å². The van der Waals surface area contributed by atoms with E-state index in [0.717, 1.165) is 42.6 Å². The molecular formula is C25H25N5O3. The first-order chi connectivity index (χ1) is 15.9. The first-order valence-corrected chi connectivity index (χ1v) is 11.3. The van der Waals surface area contributed by atoms with E-state index in [1.165, 1.54) is 0 Å². The van der Waals surface area contributed by atoms with Crippen LogP contribution in [0.1, 0.15) is 60.8 Å². The van der Waals surface area contributed by atoms with Gasteiger partial charge < -0.3 is 10.1 Å². The molecule has 1 amide bonds. The van der Waals surface area contributed by atoms with E-state index in [4.69, 9.17) is 0 Å². The van der Waals surface area contributed by atoms with Crippen molar-refractivity contribution in [3.8, 4) is 5.88 Å². The number of benzene rings is 2. The average Bonchev–Trinajstić information content (AvgIpc) is 2.95. The van der Waals surface area contributed by atoms with E-state index in [-0.39, 0.29) is 17.1 Å². The molecule has 168 valence electrons. The maximum Gasteiger partial charge on any atom is 0.295 e. The highest BCUT2D eigenvalue weighted by Gasteiger charge is 2.16. The third-order valence-corrected chi connectivity index (χ3v) is 6.25. The minimum absolute atomic E-state index is 0.0674. The van der Waals surface area contributed by atoms with Gasteiger partial charge in [0.2, 0.25) is 5.88 Å². The summed E-state index contributed by atoms with van der Waals surface area (Å²) < 4.78 is 1.75. The summed E-state index contributed by atoms with van der Waals surface area (Å²) in [5, 5.41) is 19.4. The number of azo groups is 1. The Kier molecular flexibility index (Phi) is 5.28. The third kappa shape index (κ3) is 3.82. The van der Waals surface area contributed by atoms with Crippen LogP contribution in [0.2, 0.25) is 0 Å². The van der Waals surface area contributed by atoms with Crippen molar-refractivity contribution >= 4 is 33.4 Å². The van der Waals surface area contributed by atoms with Crippen LogP contribution in [0.3, 0.4) is 0 Å². The van der Waals surface area contributed by atoms with Crippen LogP contribution in [-0.2, 0) is 13.0 Å². The largest absolute Gasteiger partial charge is 0.493 e. The van der Waals surface area contributed by atoms with Gasteiger partial charge in [-0.1, -0.05) is 26.3 Å². The Hall–Kier alpha value is -3.81. The fraction of sp³-hybridized carbons (Fsp3) is 0.320. The van der Waals surface area contributed by atoms with Crippen LogP contribution in [0.5, 0.6) is 5.88 Å². The third-order valence-electron chi connectivity index (χ3n) is 6.25. The summed E-state index contributed by atoms with van der Waals surface area (Å²) in [4.78, 5) is 33.2. The number of aryl methyl sites for hydroxylation is 1. The van der Waals surface area contributed by atoms with Crippen molar-refractivity contribution in [1.29, 1.82) is 0 Å². The van der Waals surface area contributed by atoms with Gasteiger partial charge in [0.15, 0.2) is 5.69 Å². The van der Waals surface area contributed by atoms with Crippen LogP contribution >= 0.6 is 0 Å². The molecule has 4 aromatic rings. The Bertz CT molecular complexity index is 1480. The number of hydrogen-bond acceptors (Lipinski definition) is 5. The molecule has 0 aliphatic carbocycles. The average molecular weight is 444 g/mol. The molecular weight excluding hydrogens is 418 g/mol. The number of carbonyl (C=O) groups is 1. The molecule has 0 atom stereocenters. The van der Waals surface area contributed by atoms with Crippen molar-refractivity contribution in [3.05, 3.63) is 63.7 Å². The Labute approximate surface area is 190 Å². The van der Waals surface area contributed by atoms with E-state index in [9.17, 15) is 14.7 Å². The van der Waals surface area contributed by atoms with Crippen molar-refractivity contribution in [2.24, 2.45) is 10.2 Å². The highest BCUT2D eigenvalue weighted by molar-refractivity contribution is 5.99. The fourth-order valence-electron chi connectivity index (χ4n) is 4.35. The van der Waals surface area contributed by atoms with Crippen LogP contribution in [0.4, 0.5) is 5.69 Å². The van der Waals surface area contributed by atoms with E-state index in [1.807, 2.05) is 18.2 Å². The van der Waals surface area contributed by atoms with Gasteiger partial charge in [0, 0.05) is 23.9 Å². The summed E-state index contributed by atoms with van der Waals surface area (Å²) >= 11 is 0. The molecule has 0 spiro atoms. The summed E-state index contributed by atoms with van der Waals surface area (Å²) in [7, 11) is 0. The number of carbonyl (C=O) groups excluding carboxylic acids is 1. The van der Waals surface area contributed by atoms with Gasteiger partial charge in [-0.3, -0.25) is 14.2 Å². The molecule has 5 rings (SSSR count). The molecule has 33 heavy (non-hydrogen) atoms. The van der Waals surface area contributed by atoms with Gasteiger partial charge in [-0.05, 0) is 54.7 Å². The van der Waals surface area contributed by atoms with Crippen LogP contribution in [0, 0.1) is 0 Å². The number of nitrogens with one attached hydrogen (secondary N) is 1. The summed E-state index contributed by atoms with van der Waals surface area (Å²) in [6.45, 7) is 4.84. The number of aromatic hydroxyl groups is 1. The monoisotopic (exact) mass is 443 g/mol. The minimum atomic E-state index is -0.567. The lowest BCUT2D eigenvalue weighted by Crippen LogP contribution is -2.24. The van der Waals surface area contributed by atoms with Gasteiger partial charge >= 0.3 is 0 Å². The highest BCUT2D eigenvalue weighted by atomic mass is 16.3. The van der Waals surface area contributed by atoms with Crippen molar-refractivity contribution in [3.63, 3.8) is 0 Å². The number of fused-ring (bicyclic) bond motifs is 3. The minimum Gasteiger partial charge on any atom is -0.493 e. The van der Waals surface area contributed by atoms with Gasteiger partial charge in [-0.15, -0.1) is 10.2 Å². The molecule has 8 heteroatoms. The Morgan fingerprint density at radius 3 is 2.79 bits per heavy atom. The number of rotatable bonds is 3. The number of amides is 1. The maximum atomic E-state index is 12.9. The summed E-state index contributed by atoms with van der Waals surface area (Å²) in [5.41, 5.74) is 2.75. The maximum absolute atomic E-state index is 12.9. The summed E-state index contributed by atoms with van der Waals surface area (Å²) in [6.07, 6.45) is 3.79. The van der Waals surface area contributed by atoms with Crippen molar-refractivity contribution in [2.75, 3.05) is 0 Å². The molecule has 1 aliphatic rings. The second-order valence-corrected chi connectivity index (χ2v) is 8.81. The van der Waals surface area contributed by atoms with Crippen LogP contribution < -0.4 is 5.56 Å². The zero-order chi connectivity index (χ0) is 23.1. The number of hydrogen-bond donors (Lipinski definition) is 2. The molecule has 0 bridgehead atoms. The van der Waals surface area contributed by atoms with Gasteiger partial charge in [-0.2, -0.15) is 0 Å².